The van der Waals surface area contributed by atoms with Crippen molar-refractivity contribution in [2.75, 3.05) is 0 Å². The van der Waals surface area contributed by atoms with Gasteiger partial charge in [-0.25, -0.2) is 0 Å². The lowest BCUT2D eigenvalue weighted by Crippen LogP contribution is -1.99. The Hall–Kier alpha value is -1.97. The van der Waals surface area contributed by atoms with Crippen molar-refractivity contribution in [2.24, 2.45) is 0 Å². The van der Waals surface area contributed by atoms with Crippen molar-refractivity contribution < 1.29 is 4.79 Å². The Kier molecular flexibility index (Phi) is 2.36. The summed E-state index contributed by atoms with van der Waals surface area (Å²) >= 11 is 0. The van der Waals surface area contributed by atoms with Gasteiger partial charge in [0.05, 0.1) is 12.2 Å². The molecule has 4 heteroatoms. The van der Waals surface area contributed by atoms with Crippen molar-refractivity contribution in [3.8, 4) is 11.4 Å². The first-order valence-electron chi connectivity index (χ1n) is 4.28. The second kappa shape index (κ2) is 3.83. The van der Waals surface area contributed by atoms with Crippen molar-refractivity contribution >= 4 is 6.29 Å². The fourth-order valence-corrected chi connectivity index (χ4v) is 1.19. The summed E-state index contributed by atoms with van der Waals surface area (Å²) in [5.41, 5.74) is 1.60. The van der Waals surface area contributed by atoms with E-state index in [1.807, 2.05) is 24.3 Å². The third-order valence-corrected chi connectivity index (χ3v) is 1.83. The van der Waals surface area contributed by atoms with Crippen molar-refractivity contribution in [3.63, 3.8) is 0 Å². The van der Waals surface area contributed by atoms with Crippen LogP contribution in [-0.2, 0) is 11.3 Å². The fourth-order valence-electron chi connectivity index (χ4n) is 1.19. The standard InChI is InChI=1S/C10H9N3O/c14-8-7-13-6-4-10(12-13)9-3-1-2-5-11-9/h1-6,8H,7H2. The number of carbonyl (C=O) groups is 1. The highest BCUT2D eigenvalue weighted by atomic mass is 16.1. The zero-order valence-corrected chi connectivity index (χ0v) is 7.50. The summed E-state index contributed by atoms with van der Waals surface area (Å²) in [5, 5.41) is 4.19. The molecule has 0 aromatic carbocycles. The molecule has 0 unspecified atom stereocenters. The molecule has 0 N–H and O–H groups in total. The average Bonchev–Trinajstić information content (AvgIpc) is 2.68. The molecule has 0 saturated carbocycles. The number of carbonyl (C=O) groups excluding carboxylic acids is 1. The molecule has 0 saturated heterocycles. The van der Waals surface area contributed by atoms with Gasteiger partial charge in [0.1, 0.15) is 12.0 Å². The normalized spacial score (nSPS) is 10.0. The molecule has 0 spiro atoms. The summed E-state index contributed by atoms with van der Waals surface area (Å²) in [4.78, 5) is 14.4. The van der Waals surface area contributed by atoms with Crippen molar-refractivity contribution in [3.05, 3.63) is 36.7 Å². The molecule has 2 rings (SSSR count). The quantitative estimate of drug-likeness (QED) is 0.677. The van der Waals surface area contributed by atoms with Crippen LogP contribution in [0.1, 0.15) is 0 Å². The highest BCUT2D eigenvalue weighted by Gasteiger charge is 2.01. The molecular weight excluding hydrogens is 178 g/mol. The summed E-state index contributed by atoms with van der Waals surface area (Å²) in [6, 6.07) is 7.48. The zero-order valence-electron chi connectivity index (χ0n) is 7.50. The van der Waals surface area contributed by atoms with Gasteiger partial charge in [-0.15, -0.1) is 0 Å². The largest absolute Gasteiger partial charge is 0.301 e. The SMILES string of the molecule is O=CCn1ccc(-c2ccccn2)n1. The maximum Gasteiger partial charge on any atom is 0.141 e. The van der Waals surface area contributed by atoms with Gasteiger partial charge < -0.3 is 4.79 Å². The van der Waals surface area contributed by atoms with E-state index in [2.05, 4.69) is 10.1 Å². The molecule has 0 radical (unpaired) electrons. The van der Waals surface area contributed by atoms with Crippen LogP contribution in [0.25, 0.3) is 11.4 Å². The first-order valence-corrected chi connectivity index (χ1v) is 4.28. The van der Waals surface area contributed by atoms with Gasteiger partial charge in [0, 0.05) is 12.4 Å². The number of aldehydes is 1. The summed E-state index contributed by atoms with van der Waals surface area (Å²) < 4.78 is 1.58. The van der Waals surface area contributed by atoms with Gasteiger partial charge in [0.25, 0.3) is 0 Å². The molecule has 0 amide bonds. The molecule has 0 atom stereocenters. The number of hydrogen-bond donors (Lipinski definition) is 0. The molecule has 0 fully saturated rings. The van der Waals surface area contributed by atoms with Crippen molar-refractivity contribution in [1.82, 2.24) is 14.8 Å². The number of aromatic nitrogens is 3. The molecular formula is C10H9N3O. The van der Waals surface area contributed by atoms with Crippen molar-refractivity contribution in [2.45, 2.75) is 6.54 Å². The van der Waals surface area contributed by atoms with Crippen LogP contribution in [0.15, 0.2) is 36.7 Å². The molecule has 2 aromatic heterocycles. The molecule has 2 heterocycles. The molecule has 0 aliphatic carbocycles. The second-order valence-corrected chi connectivity index (χ2v) is 2.80. The Balaban J connectivity index is 2.29. The Morgan fingerprint density at radius 1 is 1.29 bits per heavy atom. The summed E-state index contributed by atoms with van der Waals surface area (Å²) in [6.45, 7) is 0.285. The predicted octanol–water partition coefficient (Wildman–Crippen LogP) is 1.14. The molecule has 70 valence electrons. The molecule has 4 nitrogen and oxygen atoms in total. The van der Waals surface area contributed by atoms with Crippen molar-refractivity contribution in [1.29, 1.82) is 0 Å². The number of pyridine rings is 1. The molecule has 0 bridgehead atoms. The van der Waals surface area contributed by atoms with Gasteiger partial charge in [0.15, 0.2) is 0 Å². The Labute approximate surface area is 81.2 Å². The maximum absolute atomic E-state index is 10.2. The van der Waals surface area contributed by atoms with Gasteiger partial charge >= 0.3 is 0 Å². The number of hydrogen-bond acceptors (Lipinski definition) is 3. The van der Waals surface area contributed by atoms with E-state index in [1.54, 1.807) is 17.1 Å². The van der Waals surface area contributed by atoms with Gasteiger partial charge in [-0.2, -0.15) is 5.10 Å². The van der Waals surface area contributed by atoms with Crippen LogP contribution in [0, 0.1) is 0 Å². The summed E-state index contributed by atoms with van der Waals surface area (Å²) in [6.07, 6.45) is 4.29. The minimum Gasteiger partial charge on any atom is -0.301 e. The average molecular weight is 187 g/mol. The van der Waals surface area contributed by atoms with Crippen LogP contribution in [0.5, 0.6) is 0 Å². The van der Waals surface area contributed by atoms with Gasteiger partial charge in [-0.3, -0.25) is 9.67 Å². The lowest BCUT2D eigenvalue weighted by atomic mass is 10.3. The first kappa shape index (κ1) is 8.62. The number of rotatable bonds is 3. The maximum atomic E-state index is 10.2. The van der Waals surface area contributed by atoms with E-state index in [9.17, 15) is 4.79 Å². The van der Waals surface area contributed by atoms with Crippen LogP contribution in [0.3, 0.4) is 0 Å². The van der Waals surface area contributed by atoms with Gasteiger partial charge in [0.2, 0.25) is 0 Å². The lowest BCUT2D eigenvalue weighted by molar-refractivity contribution is -0.108. The van der Waals surface area contributed by atoms with E-state index in [0.717, 1.165) is 17.7 Å². The van der Waals surface area contributed by atoms with E-state index in [4.69, 9.17) is 0 Å². The predicted molar refractivity (Wildman–Crippen MR) is 51.5 cm³/mol. The van der Waals surface area contributed by atoms with E-state index < -0.39 is 0 Å². The van der Waals surface area contributed by atoms with E-state index in [0.29, 0.717) is 0 Å². The molecule has 0 aliphatic heterocycles. The minimum atomic E-state index is 0.285. The third kappa shape index (κ3) is 1.69. The molecule has 14 heavy (non-hydrogen) atoms. The summed E-state index contributed by atoms with van der Waals surface area (Å²) in [7, 11) is 0. The molecule has 0 aliphatic rings. The first-order chi connectivity index (χ1) is 6.90. The second-order valence-electron chi connectivity index (χ2n) is 2.80. The topological polar surface area (TPSA) is 47.8 Å². The molecule has 2 aromatic rings. The highest BCUT2D eigenvalue weighted by molar-refractivity contribution is 5.53. The Morgan fingerprint density at radius 3 is 2.93 bits per heavy atom. The fraction of sp³-hybridized carbons (Fsp3) is 0.100. The van der Waals surface area contributed by atoms with Gasteiger partial charge in [-0.1, -0.05) is 6.07 Å². The summed E-state index contributed by atoms with van der Waals surface area (Å²) in [5.74, 6) is 0. The number of nitrogens with zero attached hydrogens (tertiary/aromatic N) is 3. The van der Waals surface area contributed by atoms with Crippen LogP contribution in [-0.4, -0.2) is 21.1 Å². The van der Waals surface area contributed by atoms with Crippen LogP contribution in [0.2, 0.25) is 0 Å². The third-order valence-electron chi connectivity index (χ3n) is 1.83. The van der Waals surface area contributed by atoms with E-state index in [-0.39, 0.29) is 6.54 Å². The van der Waals surface area contributed by atoms with E-state index >= 15 is 0 Å². The lowest BCUT2D eigenvalue weighted by Gasteiger charge is -1.94. The minimum absolute atomic E-state index is 0.285. The zero-order chi connectivity index (χ0) is 9.80. The Bertz CT molecular complexity index is 422. The monoisotopic (exact) mass is 187 g/mol. The van der Waals surface area contributed by atoms with E-state index in [1.165, 1.54) is 0 Å². The van der Waals surface area contributed by atoms with Crippen LogP contribution >= 0.6 is 0 Å². The van der Waals surface area contributed by atoms with Crippen LogP contribution < -0.4 is 0 Å². The van der Waals surface area contributed by atoms with Crippen LogP contribution in [0.4, 0.5) is 0 Å². The highest BCUT2D eigenvalue weighted by Crippen LogP contribution is 2.12. The van der Waals surface area contributed by atoms with Gasteiger partial charge in [-0.05, 0) is 18.2 Å². The smallest absolute Gasteiger partial charge is 0.141 e. The Morgan fingerprint density at radius 2 is 2.21 bits per heavy atom.